The Bertz CT molecular complexity index is 1770. The first-order valence-electron chi connectivity index (χ1n) is 24.4. The van der Waals surface area contributed by atoms with Gasteiger partial charge >= 0.3 is 0 Å². The Morgan fingerprint density at radius 2 is 0.480 bits per heavy atom. The molecular weight excluding hydrogens is 1030 g/mol. The first-order valence-corrected chi connectivity index (χ1v) is 24.4. The maximum absolute atomic E-state index is 11.3. The van der Waals surface area contributed by atoms with Crippen molar-refractivity contribution in [1.29, 1.82) is 0 Å². The zero-order valence-electron chi connectivity index (χ0n) is 39.8. The van der Waals surface area contributed by atoms with Crippen molar-refractivity contribution >= 4 is 0 Å². The molecule has 0 aromatic carbocycles. The summed E-state index contributed by atoms with van der Waals surface area (Å²) in [7, 11) is 0. The Morgan fingerprint density at radius 1 is 0.253 bits per heavy atom. The minimum atomic E-state index is -2.15. The molecule has 21 saturated heterocycles. The van der Waals surface area contributed by atoms with E-state index < -0.39 is 255 Å². The van der Waals surface area contributed by atoms with Crippen LogP contribution in [0.25, 0.3) is 0 Å². The van der Waals surface area contributed by atoms with Crippen molar-refractivity contribution in [2.75, 3.05) is 39.6 Å². The molecule has 14 bridgehead atoms. The van der Waals surface area contributed by atoms with E-state index in [1.807, 2.05) is 0 Å². The van der Waals surface area contributed by atoms with Gasteiger partial charge < -0.3 is 163 Å². The molecule has 0 saturated carbocycles. The molecule has 0 radical (unpaired) electrons. The van der Waals surface area contributed by atoms with Gasteiger partial charge in [-0.2, -0.15) is 0 Å². The van der Waals surface area contributed by atoms with Gasteiger partial charge in [0.15, 0.2) is 44.0 Å². The maximum Gasteiger partial charge on any atom is 0.187 e. The highest BCUT2D eigenvalue weighted by Crippen LogP contribution is 2.38. The van der Waals surface area contributed by atoms with E-state index in [1.54, 1.807) is 0 Å². The third-order valence-corrected chi connectivity index (χ3v) is 14.6. The van der Waals surface area contributed by atoms with Crippen LogP contribution < -0.4 is 0 Å². The molecular formula is C42H70O33. The fraction of sp³-hybridized carbons (Fsp3) is 1.00. The van der Waals surface area contributed by atoms with Gasteiger partial charge in [-0.25, -0.2) is 0 Å². The van der Waals surface area contributed by atoms with Gasteiger partial charge in [0.25, 0.3) is 0 Å². The van der Waals surface area contributed by atoms with Crippen molar-refractivity contribution in [3.8, 4) is 0 Å². The third-order valence-electron chi connectivity index (χ3n) is 14.6. The lowest BCUT2D eigenvalue weighted by Crippen LogP contribution is -2.68. The van der Waals surface area contributed by atoms with Gasteiger partial charge in [0.2, 0.25) is 0 Å². The molecule has 19 N–H and O–H groups in total. The van der Waals surface area contributed by atoms with Crippen molar-refractivity contribution in [1.82, 2.24) is 0 Å². The Kier molecular flexibility index (Phi) is 20.1. The van der Waals surface area contributed by atoms with Crippen LogP contribution in [0.5, 0.6) is 0 Å². The minimum absolute atomic E-state index is 0.491. The third kappa shape index (κ3) is 11.9. The van der Waals surface area contributed by atoms with Crippen molar-refractivity contribution in [3.05, 3.63) is 0 Å². The highest BCUT2D eigenvalue weighted by atomic mass is 16.8. The summed E-state index contributed by atoms with van der Waals surface area (Å²) in [5, 5.41) is 208. The van der Waals surface area contributed by atoms with E-state index in [9.17, 15) is 97.0 Å². The number of hydrogen-bond acceptors (Lipinski definition) is 33. The number of ether oxygens (including phenoxy) is 14. The molecule has 0 aromatic heterocycles. The van der Waals surface area contributed by atoms with Crippen LogP contribution in [0.15, 0.2) is 0 Å². The van der Waals surface area contributed by atoms with E-state index in [-0.39, 0.29) is 0 Å². The Morgan fingerprint density at radius 3 is 0.773 bits per heavy atom. The Hall–Kier alpha value is -1.32. The second-order valence-electron chi connectivity index (χ2n) is 19.5. The topological polar surface area (TPSA) is 514 Å². The molecule has 33 heteroatoms. The zero-order chi connectivity index (χ0) is 54.5. The molecule has 14 unspecified atom stereocenters. The number of aliphatic hydroxyl groups is 19. The fourth-order valence-corrected chi connectivity index (χ4v) is 10.4. The molecule has 436 valence electrons. The normalized spacial score (nSPS) is 55.5. The molecule has 0 amide bonds. The lowest BCUT2D eigenvalue weighted by Gasteiger charge is -2.49. The van der Waals surface area contributed by atoms with E-state index in [1.165, 1.54) is 6.92 Å². The standard InChI is InChI=1S/C42H70O33/c1-9-30-18(50)24(56)37(62-9)72-32-15(6-46)68-41(28(60)22(32)54)75-35-17(8-48)69-42(29(61)23(35)55)73-33-14(5-45)65-38(25(57)19(33)51)63-11-2-10(49)36(64-12(11)3-43)71-31-13(4-44)67-40(27(59)20(31)52)74-34-16(7-47)66-39(70-30)26(58)21(34)53/h9-61H,2-8H2,1H3/t9?,10?,11-,12?,13?,14?,15?,16?,17?,18+,19+,20+,21+,22+,23+,24?,25?,26?,27?,28?,29?,30+,31+,32+,33+,34+,35+,36+,37+,38-,39+,40+,41+,42+/m0/s1. The number of rotatable bonds is 6. The monoisotopic (exact) mass is 1100 g/mol. The predicted molar refractivity (Wildman–Crippen MR) is 226 cm³/mol. The van der Waals surface area contributed by atoms with Crippen LogP contribution in [0.4, 0.5) is 0 Å². The van der Waals surface area contributed by atoms with Crippen LogP contribution in [0.1, 0.15) is 13.3 Å². The predicted octanol–water partition coefficient (Wildman–Crippen LogP) is -13.2. The van der Waals surface area contributed by atoms with E-state index in [2.05, 4.69) is 0 Å². The van der Waals surface area contributed by atoms with Crippen molar-refractivity contribution in [2.45, 2.75) is 222 Å². The second kappa shape index (κ2) is 25.2. The fourth-order valence-electron chi connectivity index (χ4n) is 10.4. The van der Waals surface area contributed by atoms with Crippen molar-refractivity contribution < 1.29 is 163 Å². The summed E-state index contributed by atoms with van der Waals surface area (Å²) in [6, 6.07) is 0. The van der Waals surface area contributed by atoms with Gasteiger partial charge in [0, 0.05) is 6.42 Å². The molecule has 21 aliphatic rings. The first-order chi connectivity index (χ1) is 35.7. The van der Waals surface area contributed by atoms with Crippen LogP contribution in [0.2, 0.25) is 0 Å². The van der Waals surface area contributed by atoms with Gasteiger partial charge in [0.05, 0.1) is 51.8 Å². The SMILES string of the molecule is CC1O[C@@H]2O[C@@H]3C(CO)O[C@H](O[C@@H]4C(CO)O[C@H](O[C@@H]5C(CO)O[C@H](O[C@H]6CC(O)[C@H](OC6CO)O[C@@H]6C(CO)O[C@H](O[C@@H]7C(CO)O[C@H](O[C@H]1[C@H](O)C2O)C(O)[C@H]7O)C(O)[C@H]6O)C(O)[C@H]5O)C(O)[C@H]4O)C(O)[C@H]3O. The summed E-state index contributed by atoms with van der Waals surface area (Å²) in [6.07, 6.45) is -63.5. The molecule has 0 aromatic rings. The van der Waals surface area contributed by atoms with E-state index >= 15 is 0 Å². The lowest BCUT2D eigenvalue weighted by molar-refractivity contribution is -0.395. The van der Waals surface area contributed by atoms with E-state index in [0.29, 0.717) is 0 Å². The summed E-state index contributed by atoms with van der Waals surface area (Å²) in [5.74, 6) is 0. The quantitative estimate of drug-likeness (QED) is 0.117. The summed E-state index contributed by atoms with van der Waals surface area (Å²) in [4.78, 5) is 0. The molecule has 33 nitrogen and oxygen atoms in total. The summed E-state index contributed by atoms with van der Waals surface area (Å²) >= 11 is 0. The first kappa shape index (κ1) is 59.8. The summed E-state index contributed by atoms with van der Waals surface area (Å²) < 4.78 is 80.4. The number of aliphatic hydroxyl groups excluding tert-OH is 19. The largest absolute Gasteiger partial charge is 0.394 e. The van der Waals surface area contributed by atoms with E-state index in [0.717, 1.165) is 0 Å². The van der Waals surface area contributed by atoms with Crippen LogP contribution >= 0.6 is 0 Å². The average Bonchev–Trinajstić information content (AvgIpc) is 3.39. The average molecular weight is 1100 g/mol. The summed E-state index contributed by atoms with van der Waals surface area (Å²) in [5.41, 5.74) is 0. The van der Waals surface area contributed by atoms with Crippen molar-refractivity contribution in [2.24, 2.45) is 0 Å². The number of hydrogen-bond donors (Lipinski definition) is 19. The van der Waals surface area contributed by atoms with Crippen LogP contribution in [0.3, 0.4) is 0 Å². The molecule has 0 spiro atoms. The van der Waals surface area contributed by atoms with Gasteiger partial charge in [-0.05, 0) is 6.92 Å². The zero-order valence-corrected chi connectivity index (χ0v) is 39.8. The minimum Gasteiger partial charge on any atom is -0.394 e. The Labute approximate surface area is 424 Å². The van der Waals surface area contributed by atoms with Gasteiger partial charge in [-0.1, -0.05) is 0 Å². The molecule has 21 fully saturated rings. The molecule has 34 atom stereocenters. The summed E-state index contributed by atoms with van der Waals surface area (Å²) in [6.45, 7) is -4.45. The lowest BCUT2D eigenvalue weighted by atomic mass is 9.95. The maximum atomic E-state index is 11.3. The molecule has 0 aliphatic carbocycles. The molecule has 75 heavy (non-hydrogen) atoms. The van der Waals surface area contributed by atoms with Crippen LogP contribution in [0, 0.1) is 0 Å². The van der Waals surface area contributed by atoms with Gasteiger partial charge in [0.1, 0.15) is 153 Å². The molecule has 21 rings (SSSR count). The second-order valence-corrected chi connectivity index (χ2v) is 19.5. The van der Waals surface area contributed by atoms with Gasteiger partial charge in [-0.3, -0.25) is 0 Å². The molecule has 21 heterocycles. The van der Waals surface area contributed by atoms with Crippen LogP contribution in [-0.2, 0) is 66.3 Å². The van der Waals surface area contributed by atoms with Crippen molar-refractivity contribution in [3.63, 3.8) is 0 Å². The highest BCUT2D eigenvalue weighted by Gasteiger charge is 2.58. The smallest absolute Gasteiger partial charge is 0.187 e. The Balaban J connectivity index is 1.06. The van der Waals surface area contributed by atoms with Crippen LogP contribution in [-0.4, -0.2) is 346 Å². The van der Waals surface area contributed by atoms with E-state index in [4.69, 9.17) is 66.3 Å². The molecule has 21 aliphatic heterocycles. The van der Waals surface area contributed by atoms with Gasteiger partial charge in [-0.15, -0.1) is 0 Å². The highest BCUT2D eigenvalue weighted by molar-refractivity contribution is 5.00.